The van der Waals surface area contributed by atoms with Gasteiger partial charge in [-0.2, -0.15) is 4.39 Å². The lowest BCUT2D eigenvalue weighted by Gasteiger charge is -2.27. The minimum Gasteiger partial charge on any atom is -0.378 e. The summed E-state index contributed by atoms with van der Waals surface area (Å²) in [5.41, 5.74) is 2.60. The summed E-state index contributed by atoms with van der Waals surface area (Å²) < 4.78 is 13.4. The zero-order valence-corrected chi connectivity index (χ0v) is 11.4. The summed E-state index contributed by atoms with van der Waals surface area (Å²) in [6.07, 6.45) is 3.08. The number of hydrogen-bond acceptors (Lipinski definition) is 3. The van der Waals surface area contributed by atoms with Gasteiger partial charge in [-0.15, -0.1) is 0 Å². The van der Waals surface area contributed by atoms with Crippen LogP contribution in [-0.2, 0) is 6.42 Å². The molecule has 0 fully saturated rings. The highest BCUT2D eigenvalue weighted by Crippen LogP contribution is 2.33. The summed E-state index contributed by atoms with van der Waals surface area (Å²) in [6.45, 7) is 0. The van der Waals surface area contributed by atoms with E-state index in [0.29, 0.717) is 5.69 Å². The van der Waals surface area contributed by atoms with Gasteiger partial charge in [0.05, 0.1) is 11.0 Å². The van der Waals surface area contributed by atoms with Gasteiger partial charge in [0.1, 0.15) is 0 Å². The largest absolute Gasteiger partial charge is 0.378 e. The number of benzene rings is 2. The van der Waals surface area contributed by atoms with Crippen LogP contribution < -0.4 is 5.32 Å². The third-order valence-electron chi connectivity index (χ3n) is 3.85. The van der Waals surface area contributed by atoms with Gasteiger partial charge in [0.15, 0.2) is 0 Å². The van der Waals surface area contributed by atoms with Crippen LogP contribution in [0.25, 0.3) is 0 Å². The molecule has 1 aliphatic carbocycles. The average Bonchev–Trinajstić information content (AvgIpc) is 2.49. The smallest absolute Gasteiger partial charge is 0.306 e. The second-order valence-corrected chi connectivity index (χ2v) is 5.21. The van der Waals surface area contributed by atoms with E-state index in [-0.39, 0.29) is 6.04 Å². The zero-order valence-electron chi connectivity index (χ0n) is 11.4. The summed E-state index contributed by atoms with van der Waals surface area (Å²) in [5, 5.41) is 14.1. The summed E-state index contributed by atoms with van der Waals surface area (Å²) >= 11 is 0. The lowest BCUT2D eigenvalue weighted by Crippen LogP contribution is -2.17. The van der Waals surface area contributed by atoms with Crippen molar-refractivity contribution in [1.29, 1.82) is 0 Å². The summed E-state index contributed by atoms with van der Waals surface area (Å²) in [4.78, 5) is 10.1. The van der Waals surface area contributed by atoms with E-state index >= 15 is 0 Å². The molecule has 0 spiro atoms. The van der Waals surface area contributed by atoms with Gasteiger partial charge >= 0.3 is 5.69 Å². The van der Waals surface area contributed by atoms with E-state index in [2.05, 4.69) is 17.4 Å². The standard InChI is InChI=1S/C16H15FN2O2/c17-14-9-8-12(10-16(14)19(20)21)18-15-7-3-5-11-4-1-2-6-13(11)15/h1-2,4,6,8-10,15,18H,3,5,7H2. The van der Waals surface area contributed by atoms with Gasteiger partial charge in [0.2, 0.25) is 5.82 Å². The van der Waals surface area contributed by atoms with E-state index < -0.39 is 16.4 Å². The monoisotopic (exact) mass is 286 g/mol. The molecule has 3 rings (SSSR count). The van der Waals surface area contributed by atoms with Crippen molar-refractivity contribution in [3.05, 3.63) is 69.5 Å². The van der Waals surface area contributed by atoms with Crippen molar-refractivity contribution < 1.29 is 9.31 Å². The number of hydrogen-bond donors (Lipinski definition) is 1. The molecule has 0 bridgehead atoms. The summed E-state index contributed by atoms with van der Waals surface area (Å²) in [5.74, 6) is -0.811. The molecule has 4 nitrogen and oxygen atoms in total. The minimum atomic E-state index is -0.811. The first kappa shape index (κ1) is 13.5. The molecule has 0 saturated heterocycles. The Bertz CT molecular complexity index is 688. The molecule has 108 valence electrons. The quantitative estimate of drug-likeness (QED) is 0.678. The lowest BCUT2D eigenvalue weighted by atomic mass is 9.87. The number of anilines is 1. The highest BCUT2D eigenvalue weighted by molar-refractivity contribution is 5.53. The molecule has 0 heterocycles. The van der Waals surface area contributed by atoms with Gasteiger partial charge in [-0.1, -0.05) is 24.3 Å². The molecule has 1 aliphatic rings. The number of nitrogens with zero attached hydrogens (tertiary/aromatic N) is 1. The van der Waals surface area contributed by atoms with Crippen LogP contribution in [0.15, 0.2) is 42.5 Å². The molecule has 1 N–H and O–H groups in total. The Balaban J connectivity index is 1.88. The van der Waals surface area contributed by atoms with Crippen LogP contribution in [-0.4, -0.2) is 4.92 Å². The average molecular weight is 286 g/mol. The van der Waals surface area contributed by atoms with E-state index in [1.54, 1.807) is 6.07 Å². The Labute approximate surface area is 121 Å². The predicted molar refractivity (Wildman–Crippen MR) is 78.8 cm³/mol. The first-order chi connectivity index (χ1) is 10.1. The Hall–Kier alpha value is -2.43. The van der Waals surface area contributed by atoms with Crippen molar-refractivity contribution in [1.82, 2.24) is 0 Å². The number of aryl methyl sites for hydroxylation is 1. The van der Waals surface area contributed by atoms with Crippen molar-refractivity contribution in [2.75, 3.05) is 5.32 Å². The molecule has 21 heavy (non-hydrogen) atoms. The van der Waals surface area contributed by atoms with Gasteiger partial charge < -0.3 is 5.32 Å². The Morgan fingerprint density at radius 1 is 1.24 bits per heavy atom. The van der Waals surface area contributed by atoms with Crippen LogP contribution in [0.5, 0.6) is 0 Å². The van der Waals surface area contributed by atoms with Crippen LogP contribution in [0.3, 0.4) is 0 Å². The van der Waals surface area contributed by atoms with Crippen LogP contribution >= 0.6 is 0 Å². The van der Waals surface area contributed by atoms with Gasteiger partial charge in [-0.25, -0.2) is 0 Å². The summed E-state index contributed by atoms with van der Waals surface area (Å²) in [7, 11) is 0. The van der Waals surface area contributed by atoms with Crippen LogP contribution in [0.4, 0.5) is 15.8 Å². The minimum absolute atomic E-state index is 0.111. The Morgan fingerprint density at radius 2 is 2.05 bits per heavy atom. The van der Waals surface area contributed by atoms with Crippen molar-refractivity contribution in [3.63, 3.8) is 0 Å². The number of halogens is 1. The molecule has 2 aromatic rings. The van der Waals surface area contributed by atoms with Crippen LogP contribution in [0, 0.1) is 15.9 Å². The van der Waals surface area contributed by atoms with Gasteiger partial charge in [0, 0.05) is 11.8 Å². The predicted octanol–water partition coefficient (Wildman–Crippen LogP) is 4.22. The molecular formula is C16H15FN2O2. The summed E-state index contributed by atoms with van der Waals surface area (Å²) in [6, 6.07) is 12.2. The molecule has 2 aromatic carbocycles. The van der Waals surface area contributed by atoms with E-state index in [1.807, 2.05) is 12.1 Å². The molecule has 0 aliphatic heterocycles. The topological polar surface area (TPSA) is 55.2 Å². The highest BCUT2D eigenvalue weighted by atomic mass is 19.1. The van der Waals surface area contributed by atoms with Crippen molar-refractivity contribution >= 4 is 11.4 Å². The van der Waals surface area contributed by atoms with Crippen molar-refractivity contribution in [2.45, 2.75) is 25.3 Å². The number of nitro benzene ring substituents is 1. The fourth-order valence-corrected chi connectivity index (χ4v) is 2.85. The molecule has 5 heteroatoms. The number of fused-ring (bicyclic) bond motifs is 1. The molecular weight excluding hydrogens is 271 g/mol. The maximum absolute atomic E-state index is 13.4. The molecule has 1 unspecified atom stereocenters. The van der Waals surface area contributed by atoms with E-state index in [1.165, 1.54) is 17.2 Å². The van der Waals surface area contributed by atoms with Crippen LogP contribution in [0.1, 0.15) is 30.0 Å². The van der Waals surface area contributed by atoms with Crippen LogP contribution in [0.2, 0.25) is 0 Å². The van der Waals surface area contributed by atoms with Gasteiger partial charge in [-0.05, 0) is 42.5 Å². The third kappa shape index (κ3) is 2.72. The fraction of sp³-hybridized carbons (Fsp3) is 0.250. The second kappa shape index (κ2) is 5.52. The van der Waals surface area contributed by atoms with E-state index in [0.717, 1.165) is 25.3 Å². The lowest BCUT2D eigenvalue weighted by molar-refractivity contribution is -0.387. The number of nitro groups is 1. The maximum atomic E-state index is 13.4. The molecule has 0 amide bonds. The first-order valence-electron chi connectivity index (χ1n) is 6.93. The maximum Gasteiger partial charge on any atom is 0.306 e. The van der Waals surface area contributed by atoms with Gasteiger partial charge in [0.25, 0.3) is 0 Å². The third-order valence-corrected chi connectivity index (χ3v) is 3.85. The van der Waals surface area contributed by atoms with E-state index in [4.69, 9.17) is 0 Å². The number of rotatable bonds is 3. The SMILES string of the molecule is O=[N+]([O-])c1cc(NC2CCCc3ccccc32)ccc1F. The molecule has 1 atom stereocenters. The Kier molecular flexibility index (Phi) is 3.56. The zero-order chi connectivity index (χ0) is 14.8. The Morgan fingerprint density at radius 3 is 2.86 bits per heavy atom. The van der Waals surface area contributed by atoms with Gasteiger partial charge in [-0.3, -0.25) is 10.1 Å². The fourth-order valence-electron chi connectivity index (χ4n) is 2.85. The first-order valence-corrected chi connectivity index (χ1v) is 6.93. The molecule has 0 saturated carbocycles. The molecule has 0 radical (unpaired) electrons. The number of nitrogens with one attached hydrogen (secondary N) is 1. The normalized spacial score (nSPS) is 17.1. The van der Waals surface area contributed by atoms with Crippen molar-refractivity contribution in [3.8, 4) is 0 Å². The van der Waals surface area contributed by atoms with E-state index in [9.17, 15) is 14.5 Å². The molecule has 0 aromatic heterocycles. The highest BCUT2D eigenvalue weighted by Gasteiger charge is 2.21. The van der Waals surface area contributed by atoms with Crippen molar-refractivity contribution in [2.24, 2.45) is 0 Å². The second-order valence-electron chi connectivity index (χ2n) is 5.21.